The predicted octanol–water partition coefficient (Wildman–Crippen LogP) is 5.19. The van der Waals surface area contributed by atoms with Crippen LogP contribution in [0, 0.1) is 0 Å². The van der Waals surface area contributed by atoms with Gasteiger partial charge in [-0.2, -0.15) is 0 Å². The number of carbonyl (C=O) groups excluding carboxylic acids is 1. The van der Waals surface area contributed by atoms with E-state index >= 15 is 0 Å². The van der Waals surface area contributed by atoms with Crippen LogP contribution in [0.25, 0.3) is 10.7 Å². The SMILES string of the molecule is COC(=O)c1ncc(Br)cc1S[C@H]1OC2COC(c3ccccc3)O[C@@H]2C(n2cc(-c3nc(Cl)cs3)nn2)C1OC. The van der Waals surface area contributed by atoms with Gasteiger partial charge in [-0.3, -0.25) is 0 Å². The first-order valence-corrected chi connectivity index (χ1v) is 15.3. The lowest BCUT2D eigenvalue weighted by molar-refractivity contribution is -0.308. The lowest BCUT2D eigenvalue weighted by Crippen LogP contribution is -2.59. The summed E-state index contributed by atoms with van der Waals surface area (Å²) in [6.45, 7) is 0.262. The van der Waals surface area contributed by atoms with Gasteiger partial charge in [-0.1, -0.05) is 58.9 Å². The van der Waals surface area contributed by atoms with Crippen molar-refractivity contribution < 1.29 is 28.5 Å². The summed E-state index contributed by atoms with van der Waals surface area (Å²) in [4.78, 5) is 21.7. The van der Waals surface area contributed by atoms with E-state index in [-0.39, 0.29) is 12.3 Å². The minimum Gasteiger partial charge on any atom is -0.464 e. The minimum atomic E-state index is -0.605. The van der Waals surface area contributed by atoms with E-state index < -0.39 is 42.0 Å². The van der Waals surface area contributed by atoms with E-state index in [0.29, 0.717) is 25.2 Å². The van der Waals surface area contributed by atoms with Crippen LogP contribution in [-0.2, 0) is 23.7 Å². The summed E-state index contributed by atoms with van der Waals surface area (Å²) < 4.78 is 32.6. The van der Waals surface area contributed by atoms with Gasteiger partial charge in [0.1, 0.15) is 45.6 Å². The van der Waals surface area contributed by atoms with Gasteiger partial charge in [0.15, 0.2) is 12.0 Å². The molecule has 0 amide bonds. The molecule has 11 nitrogen and oxygen atoms in total. The predicted molar refractivity (Wildman–Crippen MR) is 154 cm³/mol. The molecule has 214 valence electrons. The number of hydrogen-bond donors (Lipinski definition) is 0. The van der Waals surface area contributed by atoms with Crippen LogP contribution in [0.4, 0.5) is 0 Å². The molecule has 0 spiro atoms. The maximum Gasteiger partial charge on any atom is 0.357 e. The van der Waals surface area contributed by atoms with Crippen molar-refractivity contribution in [1.82, 2.24) is 25.0 Å². The van der Waals surface area contributed by atoms with E-state index in [1.807, 2.05) is 30.3 Å². The molecule has 1 aromatic carbocycles. The Labute approximate surface area is 256 Å². The van der Waals surface area contributed by atoms with Crippen molar-refractivity contribution in [3.05, 3.63) is 75.1 Å². The maximum absolute atomic E-state index is 12.5. The molecule has 6 rings (SSSR count). The van der Waals surface area contributed by atoms with E-state index in [1.165, 1.54) is 30.2 Å². The van der Waals surface area contributed by atoms with Crippen molar-refractivity contribution in [3.8, 4) is 10.7 Å². The molecule has 0 aliphatic carbocycles. The Morgan fingerprint density at radius 1 is 1.24 bits per heavy atom. The number of fused-ring (bicyclic) bond motifs is 1. The summed E-state index contributed by atoms with van der Waals surface area (Å²) in [5.41, 5.74) is 1.02. The molecule has 0 radical (unpaired) electrons. The summed E-state index contributed by atoms with van der Waals surface area (Å²) >= 11 is 12.2. The molecule has 5 heterocycles. The number of pyridine rings is 1. The molecule has 3 aromatic heterocycles. The van der Waals surface area contributed by atoms with Gasteiger partial charge in [-0.15, -0.1) is 16.4 Å². The first-order chi connectivity index (χ1) is 19.9. The fraction of sp³-hybridized carbons (Fsp3) is 0.346. The Morgan fingerprint density at radius 2 is 2.07 bits per heavy atom. The lowest BCUT2D eigenvalue weighted by atomic mass is 9.96. The van der Waals surface area contributed by atoms with Crippen LogP contribution < -0.4 is 0 Å². The molecule has 0 bridgehead atoms. The Hall–Kier alpha value is -2.43. The van der Waals surface area contributed by atoms with E-state index in [9.17, 15) is 4.79 Å². The summed E-state index contributed by atoms with van der Waals surface area (Å²) in [7, 11) is 2.91. The fourth-order valence-corrected chi connectivity index (χ4v) is 7.45. The van der Waals surface area contributed by atoms with E-state index in [1.54, 1.807) is 35.6 Å². The number of esters is 1. The molecular formula is C26H23BrClN5O6S2. The average molecular weight is 681 g/mol. The highest BCUT2D eigenvalue weighted by Gasteiger charge is 2.52. The highest BCUT2D eigenvalue weighted by molar-refractivity contribution is 9.10. The molecule has 4 unspecified atom stereocenters. The zero-order valence-electron chi connectivity index (χ0n) is 21.6. The normalized spacial score (nSPS) is 26.0. The third-order valence-corrected chi connectivity index (χ3v) is 9.40. The van der Waals surface area contributed by atoms with Crippen LogP contribution in [0.2, 0.25) is 5.15 Å². The summed E-state index contributed by atoms with van der Waals surface area (Å²) in [5, 5.41) is 11.6. The topological polar surface area (TPSA) is 120 Å². The number of nitrogens with zero attached hydrogens (tertiary/aromatic N) is 5. The Balaban J connectivity index is 1.37. The van der Waals surface area contributed by atoms with Gasteiger partial charge in [-0.05, 0) is 22.0 Å². The number of ether oxygens (including phenoxy) is 5. The molecule has 2 saturated heterocycles. The second-order valence-electron chi connectivity index (χ2n) is 9.08. The van der Waals surface area contributed by atoms with Gasteiger partial charge in [-0.25, -0.2) is 19.4 Å². The first kappa shape index (κ1) is 28.7. The summed E-state index contributed by atoms with van der Waals surface area (Å²) in [5.74, 6) is -0.558. The van der Waals surface area contributed by atoms with Crippen molar-refractivity contribution in [2.45, 2.75) is 41.0 Å². The first-order valence-electron chi connectivity index (χ1n) is 12.4. The number of thiazole rings is 1. The number of methoxy groups -OCH3 is 2. The zero-order chi connectivity index (χ0) is 28.5. The molecule has 2 aliphatic rings. The van der Waals surface area contributed by atoms with Crippen molar-refractivity contribution in [2.24, 2.45) is 0 Å². The van der Waals surface area contributed by atoms with Gasteiger partial charge in [0.2, 0.25) is 0 Å². The molecule has 6 atom stereocenters. The molecule has 2 aliphatic heterocycles. The standard InChI is InChI=1S/C26H23BrClN5O6S2/c1-35-22-20(33-10-15(31-32-33)23-30-18(28)12-40-23)21-16(11-37-25(39-21)13-6-4-3-5-7-13)38-26(22)41-17-8-14(27)9-29-19(17)24(34)36-2/h3-10,12,16,20-22,25-26H,11H2,1-2H3/t16?,20?,21-,22?,25?,26+/m0/s1. The molecule has 2 fully saturated rings. The molecule has 4 aromatic rings. The molecule has 0 saturated carbocycles. The molecular weight excluding hydrogens is 658 g/mol. The maximum atomic E-state index is 12.5. The van der Waals surface area contributed by atoms with Crippen LogP contribution in [-0.4, -0.2) is 75.5 Å². The smallest absolute Gasteiger partial charge is 0.357 e. The Bertz CT molecular complexity index is 1530. The van der Waals surface area contributed by atoms with Gasteiger partial charge < -0.3 is 23.7 Å². The van der Waals surface area contributed by atoms with Crippen LogP contribution in [0.3, 0.4) is 0 Å². The van der Waals surface area contributed by atoms with Crippen LogP contribution in [0.15, 0.2) is 63.5 Å². The second kappa shape index (κ2) is 12.4. The third-order valence-electron chi connectivity index (χ3n) is 6.61. The average Bonchev–Trinajstić information content (AvgIpc) is 3.65. The Morgan fingerprint density at radius 3 is 2.80 bits per heavy atom. The summed E-state index contributed by atoms with van der Waals surface area (Å²) in [6, 6.07) is 11.0. The van der Waals surface area contributed by atoms with Crippen molar-refractivity contribution in [3.63, 3.8) is 0 Å². The van der Waals surface area contributed by atoms with Crippen molar-refractivity contribution in [2.75, 3.05) is 20.8 Å². The van der Waals surface area contributed by atoms with Crippen molar-refractivity contribution >= 4 is 56.6 Å². The number of halogens is 2. The molecule has 0 N–H and O–H groups in total. The molecule has 15 heteroatoms. The second-order valence-corrected chi connectivity index (χ2v) is 12.4. The third kappa shape index (κ3) is 5.92. The number of carbonyl (C=O) groups is 1. The number of rotatable bonds is 7. The largest absolute Gasteiger partial charge is 0.464 e. The number of thioether (sulfide) groups is 1. The van der Waals surface area contributed by atoms with Crippen LogP contribution >= 0.6 is 50.6 Å². The quantitative estimate of drug-likeness (QED) is 0.240. The number of benzene rings is 1. The van der Waals surface area contributed by atoms with Crippen LogP contribution in [0.5, 0.6) is 0 Å². The van der Waals surface area contributed by atoms with Gasteiger partial charge in [0.05, 0.1) is 19.9 Å². The Kier molecular flexibility index (Phi) is 8.70. The van der Waals surface area contributed by atoms with E-state index in [0.717, 1.165) is 5.56 Å². The fourth-order valence-electron chi connectivity index (χ4n) is 4.77. The van der Waals surface area contributed by atoms with E-state index in [2.05, 4.69) is 36.2 Å². The zero-order valence-corrected chi connectivity index (χ0v) is 25.6. The van der Waals surface area contributed by atoms with Crippen molar-refractivity contribution in [1.29, 1.82) is 0 Å². The van der Waals surface area contributed by atoms with Gasteiger partial charge >= 0.3 is 5.97 Å². The number of hydrogen-bond acceptors (Lipinski definition) is 12. The summed E-state index contributed by atoms with van der Waals surface area (Å²) in [6.07, 6.45) is 1.16. The highest BCUT2D eigenvalue weighted by Crippen LogP contribution is 2.45. The van der Waals surface area contributed by atoms with Gasteiger partial charge in [0, 0.05) is 33.6 Å². The van der Waals surface area contributed by atoms with Gasteiger partial charge in [0.25, 0.3) is 0 Å². The van der Waals surface area contributed by atoms with Crippen LogP contribution in [0.1, 0.15) is 28.4 Å². The highest BCUT2D eigenvalue weighted by atomic mass is 79.9. The number of aromatic nitrogens is 5. The monoisotopic (exact) mass is 679 g/mol. The molecule has 41 heavy (non-hydrogen) atoms. The van der Waals surface area contributed by atoms with E-state index in [4.69, 9.17) is 35.3 Å². The lowest BCUT2D eigenvalue weighted by Gasteiger charge is -2.48. The minimum absolute atomic E-state index is 0.168.